The van der Waals surface area contributed by atoms with Gasteiger partial charge in [0.2, 0.25) is 5.88 Å². The molecular formula is C27H27ClN6O4. The Morgan fingerprint density at radius 1 is 1.18 bits per heavy atom. The standard InChI is InChI=1S/C27H27ClN6O4/c1-16-5-8-29-17(9-16)11-34-24(32-23-25(34)30-15-31-26(23)38-27(2)6-7-27)20-4-3-19(10-21(20)28)37-14-22(36)33-12-18(35)13-33/h3-5,8-10,15,18,35H,6-7,11-14H2,1-2H3. The Balaban J connectivity index is 1.34. The molecule has 4 aromatic rings. The van der Waals surface area contributed by atoms with Crippen LogP contribution in [0.5, 0.6) is 11.6 Å². The van der Waals surface area contributed by atoms with Crippen LogP contribution in [0, 0.1) is 6.92 Å². The molecule has 0 bridgehead atoms. The molecule has 1 aliphatic heterocycles. The van der Waals surface area contributed by atoms with Crippen LogP contribution in [0.15, 0.2) is 42.9 Å². The van der Waals surface area contributed by atoms with Crippen LogP contribution in [0.25, 0.3) is 22.6 Å². The van der Waals surface area contributed by atoms with E-state index in [9.17, 15) is 9.90 Å². The van der Waals surface area contributed by atoms with Crippen molar-refractivity contribution in [2.75, 3.05) is 19.7 Å². The van der Waals surface area contributed by atoms with Gasteiger partial charge in [-0.05, 0) is 62.6 Å². The summed E-state index contributed by atoms with van der Waals surface area (Å²) in [6.07, 6.45) is 4.75. The predicted molar refractivity (Wildman–Crippen MR) is 140 cm³/mol. The second-order valence-corrected chi connectivity index (χ2v) is 10.5. The molecule has 38 heavy (non-hydrogen) atoms. The summed E-state index contributed by atoms with van der Waals surface area (Å²) in [5, 5.41) is 9.81. The van der Waals surface area contributed by atoms with Crippen LogP contribution in [-0.4, -0.2) is 71.8 Å². The highest BCUT2D eigenvalue weighted by Gasteiger charge is 2.41. The molecule has 10 nitrogen and oxygen atoms in total. The minimum Gasteiger partial charge on any atom is -0.484 e. The molecule has 4 heterocycles. The first-order chi connectivity index (χ1) is 18.3. The van der Waals surface area contributed by atoms with E-state index in [4.69, 9.17) is 26.1 Å². The van der Waals surface area contributed by atoms with E-state index in [0.717, 1.165) is 24.1 Å². The second kappa shape index (κ2) is 9.52. The van der Waals surface area contributed by atoms with Gasteiger partial charge < -0.3 is 24.0 Å². The minimum absolute atomic E-state index is 0.130. The Kier molecular flexibility index (Phi) is 6.16. The molecule has 1 saturated heterocycles. The summed E-state index contributed by atoms with van der Waals surface area (Å²) in [4.78, 5) is 32.1. The van der Waals surface area contributed by atoms with Gasteiger partial charge in [-0.2, -0.15) is 4.98 Å². The van der Waals surface area contributed by atoms with Crippen LogP contribution < -0.4 is 9.47 Å². The number of carbonyl (C=O) groups excluding carboxylic acids is 1. The lowest BCUT2D eigenvalue weighted by molar-refractivity contribution is -0.143. The summed E-state index contributed by atoms with van der Waals surface area (Å²) < 4.78 is 13.8. The maximum atomic E-state index is 12.2. The Bertz CT molecular complexity index is 1530. The second-order valence-electron chi connectivity index (χ2n) is 10.1. The molecule has 0 atom stereocenters. The van der Waals surface area contributed by atoms with Gasteiger partial charge >= 0.3 is 0 Å². The van der Waals surface area contributed by atoms with Crippen molar-refractivity contribution in [2.24, 2.45) is 0 Å². The number of hydrogen-bond acceptors (Lipinski definition) is 8. The summed E-state index contributed by atoms with van der Waals surface area (Å²) in [5.41, 5.74) is 3.57. The van der Waals surface area contributed by atoms with Crippen molar-refractivity contribution in [3.63, 3.8) is 0 Å². The Labute approximate surface area is 224 Å². The van der Waals surface area contributed by atoms with Crippen LogP contribution in [0.3, 0.4) is 0 Å². The largest absolute Gasteiger partial charge is 0.484 e. The van der Waals surface area contributed by atoms with Crippen molar-refractivity contribution in [3.8, 4) is 23.0 Å². The van der Waals surface area contributed by atoms with Crippen molar-refractivity contribution < 1.29 is 19.4 Å². The minimum atomic E-state index is -0.454. The molecule has 11 heteroatoms. The zero-order valence-corrected chi connectivity index (χ0v) is 21.9. The average molecular weight is 535 g/mol. The zero-order valence-electron chi connectivity index (χ0n) is 21.1. The summed E-state index contributed by atoms with van der Waals surface area (Å²) in [5.74, 6) is 1.31. The third kappa shape index (κ3) is 4.89. The predicted octanol–water partition coefficient (Wildman–Crippen LogP) is 3.41. The molecule has 1 aromatic carbocycles. The monoisotopic (exact) mass is 534 g/mol. The van der Waals surface area contributed by atoms with Crippen LogP contribution in [0.4, 0.5) is 0 Å². The highest BCUT2D eigenvalue weighted by molar-refractivity contribution is 6.33. The van der Waals surface area contributed by atoms with E-state index in [1.807, 2.05) is 29.7 Å². The summed E-state index contributed by atoms with van der Waals surface area (Å²) in [6.45, 7) is 5.04. The maximum absolute atomic E-state index is 12.2. The van der Waals surface area contributed by atoms with Gasteiger partial charge in [-0.1, -0.05) is 11.6 Å². The normalized spacial score (nSPS) is 16.4. The van der Waals surface area contributed by atoms with Crippen LogP contribution in [0.1, 0.15) is 31.0 Å². The van der Waals surface area contributed by atoms with Crippen LogP contribution in [0.2, 0.25) is 5.02 Å². The fourth-order valence-electron chi connectivity index (χ4n) is 4.37. The van der Waals surface area contributed by atoms with Crippen molar-refractivity contribution in [3.05, 3.63) is 59.1 Å². The highest BCUT2D eigenvalue weighted by atomic mass is 35.5. The Morgan fingerprint density at radius 3 is 2.71 bits per heavy atom. The number of amides is 1. The van der Waals surface area contributed by atoms with Gasteiger partial charge in [0.25, 0.3) is 5.91 Å². The van der Waals surface area contributed by atoms with Gasteiger partial charge in [-0.3, -0.25) is 9.78 Å². The van der Waals surface area contributed by atoms with Gasteiger partial charge in [-0.25, -0.2) is 9.97 Å². The first-order valence-corrected chi connectivity index (χ1v) is 12.9. The van der Waals surface area contributed by atoms with Gasteiger partial charge in [0.15, 0.2) is 17.8 Å². The van der Waals surface area contributed by atoms with E-state index in [1.54, 1.807) is 23.2 Å². The lowest BCUT2D eigenvalue weighted by Gasteiger charge is -2.35. The number of hydrogen-bond donors (Lipinski definition) is 1. The first kappa shape index (κ1) is 24.6. The Hall–Kier alpha value is -3.76. The van der Waals surface area contributed by atoms with Crippen LogP contribution in [-0.2, 0) is 11.3 Å². The number of nitrogens with zero attached hydrogens (tertiary/aromatic N) is 6. The molecule has 1 saturated carbocycles. The quantitative estimate of drug-likeness (QED) is 0.365. The number of rotatable bonds is 8. The van der Waals surface area contributed by atoms with E-state index >= 15 is 0 Å². The Morgan fingerprint density at radius 2 is 2.00 bits per heavy atom. The van der Waals surface area contributed by atoms with Crippen molar-refractivity contribution >= 4 is 28.7 Å². The SMILES string of the molecule is Cc1ccnc(Cn2c(-c3ccc(OCC(=O)N4CC(O)C4)cc3Cl)nc3c(OC4(C)CC4)ncnc32)c1. The molecule has 6 rings (SSSR count). The maximum Gasteiger partial charge on any atom is 0.260 e. The molecule has 1 amide bonds. The number of carbonyl (C=O) groups is 1. The lowest BCUT2D eigenvalue weighted by Crippen LogP contribution is -2.54. The molecule has 3 aromatic heterocycles. The molecule has 0 unspecified atom stereocenters. The topological polar surface area (TPSA) is 115 Å². The number of ether oxygens (including phenoxy) is 2. The first-order valence-electron chi connectivity index (χ1n) is 12.5. The average Bonchev–Trinajstić information content (AvgIpc) is 3.49. The number of imidazole rings is 1. The van der Waals surface area contributed by atoms with E-state index in [0.29, 0.717) is 58.8 Å². The van der Waals surface area contributed by atoms with Gasteiger partial charge in [0.1, 0.15) is 23.5 Å². The number of benzene rings is 1. The van der Waals surface area contributed by atoms with Gasteiger partial charge in [0.05, 0.1) is 23.4 Å². The summed E-state index contributed by atoms with van der Waals surface area (Å²) in [7, 11) is 0. The van der Waals surface area contributed by atoms with E-state index in [-0.39, 0.29) is 18.1 Å². The van der Waals surface area contributed by atoms with Crippen LogP contribution >= 0.6 is 11.6 Å². The van der Waals surface area contributed by atoms with E-state index in [2.05, 4.69) is 21.9 Å². The van der Waals surface area contributed by atoms with E-state index in [1.165, 1.54) is 6.33 Å². The molecule has 1 aliphatic carbocycles. The van der Waals surface area contributed by atoms with E-state index < -0.39 is 6.10 Å². The number of β-amino-alcohol motifs (C(OH)–C–C–N with tert-alkyl or cyclic N) is 1. The van der Waals surface area contributed by atoms with Gasteiger partial charge in [-0.15, -0.1) is 0 Å². The molecule has 1 N–H and O–H groups in total. The van der Waals surface area contributed by atoms with Crippen molar-refractivity contribution in [1.29, 1.82) is 0 Å². The molecule has 196 valence electrons. The number of halogens is 1. The molecular weight excluding hydrogens is 508 g/mol. The third-order valence-electron chi connectivity index (χ3n) is 6.85. The fraction of sp³-hybridized carbons (Fsp3) is 0.370. The number of aliphatic hydroxyl groups is 1. The zero-order chi connectivity index (χ0) is 26.4. The smallest absolute Gasteiger partial charge is 0.260 e. The molecule has 0 radical (unpaired) electrons. The molecule has 2 aliphatic rings. The number of aromatic nitrogens is 5. The number of aliphatic hydroxyl groups excluding tert-OH is 1. The third-order valence-corrected chi connectivity index (χ3v) is 7.16. The molecule has 2 fully saturated rings. The number of likely N-dealkylation sites (tertiary alicyclic amines) is 1. The van der Waals surface area contributed by atoms with Crippen molar-refractivity contribution in [2.45, 2.75) is 44.9 Å². The number of fused-ring (bicyclic) bond motifs is 1. The highest BCUT2D eigenvalue weighted by Crippen LogP contribution is 2.41. The molecule has 0 spiro atoms. The van der Waals surface area contributed by atoms with Crippen molar-refractivity contribution in [1.82, 2.24) is 29.4 Å². The summed E-state index contributed by atoms with van der Waals surface area (Å²) in [6, 6.07) is 9.20. The summed E-state index contributed by atoms with van der Waals surface area (Å²) >= 11 is 6.74. The number of aryl methyl sites for hydroxylation is 1. The lowest BCUT2D eigenvalue weighted by atomic mass is 10.2. The van der Waals surface area contributed by atoms with Gasteiger partial charge in [0, 0.05) is 24.8 Å². The number of pyridine rings is 1. The fourth-order valence-corrected chi connectivity index (χ4v) is 4.62.